The molecule has 0 radical (unpaired) electrons. The summed E-state index contributed by atoms with van der Waals surface area (Å²) < 4.78 is 54.3. The van der Waals surface area contributed by atoms with E-state index in [1.54, 1.807) is 30.6 Å². The minimum Gasteiger partial charge on any atom is -0.492 e. The van der Waals surface area contributed by atoms with Gasteiger partial charge >= 0.3 is 12.1 Å². The third kappa shape index (κ3) is 5.01. The second-order valence-corrected chi connectivity index (χ2v) is 7.93. The number of rotatable bonds is 4. The lowest BCUT2D eigenvalue weighted by molar-refractivity contribution is -0.192. The monoisotopic (exact) mass is 482 g/mol. The maximum Gasteiger partial charge on any atom is 0.490 e. The predicted molar refractivity (Wildman–Crippen MR) is 109 cm³/mol. The molecule has 2 saturated heterocycles. The van der Waals surface area contributed by atoms with Crippen LogP contribution < -0.4 is 14.2 Å². The van der Waals surface area contributed by atoms with E-state index in [0.29, 0.717) is 43.4 Å². The molecule has 1 amide bonds. The summed E-state index contributed by atoms with van der Waals surface area (Å²) in [5, 5.41) is 7.12. The molecule has 0 bridgehead atoms. The van der Waals surface area contributed by atoms with Crippen molar-refractivity contribution in [3.05, 3.63) is 48.3 Å². The van der Waals surface area contributed by atoms with Crippen molar-refractivity contribution in [1.29, 1.82) is 0 Å². The number of hydrogen-bond donors (Lipinski definition) is 1. The third-order valence-electron chi connectivity index (χ3n) is 5.75. The highest BCUT2D eigenvalue weighted by Crippen LogP contribution is 2.41. The van der Waals surface area contributed by atoms with Crippen LogP contribution in [0.3, 0.4) is 0 Å². The number of carboxylic acid groups (broad SMARTS) is 1. The van der Waals surface area contributed by atoms with Crippen LogP contribution in [0.1, 0.15) is 16.8 Å². The number of likely N-dealkylation sites (tertiary alicyclic amines) is 1. The molecule has 4 heterocycles. The van der Waals surface area contributed by atoms with E-state index in [9.17, 15) is 18.0 Å². The van der Waals surface area contributed by atoms with Crippen molar-refractivity contribution in [2.45, 2.75) is 18.2 Å². The number of pyridine rings is 1. The molecule has 12 heteroatoms. The Morgan fingerprint density at radius 1 is 1.21 bits per heavy atom. The zero-order chi connectivity index (χ0) is 24.3. The van der Waals surface area contributed by atoms with Gasteiger partial charge in [0.1, 0.15) is 11.4 Å². The molecule has 1 unspecified atom stereocenters. The molecule has 9 nitrogen and oxygen atoms in total. The average Bonchev–Trinajstić information content (AvgIpc) is 3.43. The topological polar surface area (TPSA) is 107 Å². The maximum atomic E-state index is 12.8. The summed E-state index contributed by atoms with van der Waals surface area (Å²) in [7, 11) is 0. The molecule has 0 saturated carbocycles. The standard InChI is InChI=1S/C20H20N2O5.C2HF3O2/c23-19(14-3-4-17-18(8-14)26-13-25-17)22-11-20(12-22)15(5-7-27-20)10-24-16-2-1-6-21-9-16;3-2(4,5)1(6)7/h1-4,6,8-9,15H,5,7,10-13H2;(H,6,7). The van der Waals surface area contributed by atoms with Crippen LogP contribution in [0.5, 0.6) is 17.2 Å². The van der Waals surface area contributed by atoms with Crippen molar-refractivity contribution in [1.82, 2.24) is 9.88 Å². The molecule has 3 aliphatic heterocycles. The number of hydrogen-bond acceptors (Lipinski definition) is 7. The molecule has 34 heavy (non-hydrogen) atoms. The number of carbonyl (C=O) groups is 2. The number of benzene rings is 1. The van der Waals surface area contributed by atoms with Gasteiger partial charge in [0.05, 0.1) is 25.9 Å². The molecule has 1 aromatic heterocycles. The third-order valence-corrected chi connectivity index (χ3v) is 5.75. The maximum absolute atomic E-state index is 12.8. The quantitative estimate of drug-likeness (QED) is 0.709. The molecule has 1 aromatic carbocycles. The SMILES string of the molecule is O=C(O)C(F)(F)F.O=C(c1ccc2c(c1)OCO2)N1CC2(C1)OCCC2COc1cccnc1. The van der Waals surface area contributed by atoms with Crippen LogP contribution in [-0.4, -0.2) is 71.7 Å². The van der Waals surface area contributed by atoms with Gasteiger partial charge in [-0.05, 0) is 36.8 Å². The summed E-state index contributed by atoms with van der Waals surface area (Å²) in [6.07, 6.45) is -0.719. The first-order chi connectivity index (χ1) is 16.2. The summed E-state index contributed by atoms with van der Waals surface area (Å²) in [4.78, 5) is 27.6. The number of carboxylic acids is 1. The Balaban J connectivity index is 0.000000344. The first-order valence-corrected chi connectivity index (χ1v) is 10.3. The van der Waals surface area contributed by atoms with E-state index in [-0.39, 0.29) is 24.2 Å². The van der Waals surface area contributed by atoms with Crippen LogP contribution in [0, 0.1) is 5.92 Å². The molecule has 2 aromatic rings. The minimum absolute atomic E-state index is 0.0126. The zero-order valence-corrected chi connectivity index (χ0v) is 17.8. The fourth-order valence-electron chi connectivity index (χ4n) is 3.95. The number of aliphatic carboxylic acids is 1. The fourth-order valence-corrected chi connectivity index (χ4v) is 3.95. The van der Waals surface area contributed by atoms with Gasteiger partial charge in [0, 0.05) is 24.3 Å². The molecule has 0 aliphatic carbocycles. The van der Waals surface area contributed by atoms with E-state index >= 15 is 0 Å². The molecule has 3 aliphatic rings. The summed E-state index contributed by atoms with van der Waals surface area (Å²) in [6, 6.07) is 9.05. The van der Waals surface area contributed by atoms with Crippen molar-refractivity contribution in [3.8, 4) is 17.2 Å². The normalized spacial score (nSPS) is 19.7. The minimum atomic E-state index is -5.08. The fraction of sp³-hybridized carbons (Fsp3) is 0.409. The number of amides is 1. The van der Waals surface area contributed by atoms with Gasteiger partial charge in [-0.2, -0.15) is 13.2 Å². The van der Waals surface area contributed by atoms with Crippen LogP contribution in [-0.2, 0) is 9.53 Å². The van der Waals surface area contributed by atoms with Crippen LogP contribution in [0.4, 0.5) is 13.2 Å². The van der Waals surface area contributed by atoms with E-state index in [0.717, 1.165) is 12.2 Å². The predicted octanol–water partition coefficient (Wildman–Crippen LogP) is 2.75. The van der Waals surface area contributed by atoms with Gasteiger partial charge in [-0.1, -0.05) is 0 Å². The number of halogens is 3. The lowest BCUT2D eigenvalue weighted by Gasteiger charge is -2.50. The van der Waals surface area contributed by atoms with Crippen molar-refractivity contribution in [2.75, 3.05) is 33.1 Å². The second kappa shape index (κ2) is 9.37. The molecule has 5 rings (SSSR count). The number of alkyl halides is 3. The van der Waals surface area contributed by atoms with Crippen LogP contribution in [0.25, 0.3) is 0 Å². The first-order valence-electron chi connectivity index (χ1n) is 10.3. The molecular weight excluding hydrogens is 461 g/mol. The summed E-state index contributed by atoms with van der Waals surface area (Å²) in [5.41, 5.74) is 0.309. The highest BCUT2D eigenvalue weighted by atomic mass is 19.4. The number of fused-ring (bicyclic) bond motifs is 1. The molecule has 182 valence electrons. The van der Waals surface area contributed by atoms with Crippen LogP contribution in [0.2, 0.25) is 0 Å². The van der Waals surface area contributed by atoms with E-state index in [1.807, 2.05) is 17.0 Å². The number of aromatic nitrogens is 1. The Morgan fingerprint density at radius 3 is 2.62 bits per heavy atom. The van der Waals surface area contributed by atoms with Gasteiger partial charge in [0.15, 0.2) is 11.5 Å². The lowest BCUT2D eigenvalue weighted by Crippen LogP contribution is -2.66. The van der Waals surface area contributed by atoms with Gasteiger partial charge in [-0.15, -0.1) is 0 Å². The van der Waals surface area contributed by atoms with Crippen molar-refractivity contribution in [3.63, 3.8) is 0 Å². The second-order valence-electron chi connectivity index (χ2n) is 7.93. The van der Waals surface area contributed by atoms with E-state index < -0.39 is 12.1 Å². The van der Waals surface area contributed by atoms with Crippen molar-refractivity contribution < 1.29 is 46.8 Å². The Morgan fingerprint density at radius 2 is 1.94 bits per heavy atom. The number of carbonyl (C=O) groups excluding carboxylic acids is 1. The van der Waals surface area contributed by atoms with Crippen molar-refractivity contribution >= 4 is 11.9 Å². The molecule has 1 spiro atoms. The zero-order valence-electron chi connectivity index (χ0n) is 17.8. The highest BCUT2D eigenvalue weighted by Gasteiger charge is 2.54. The smallest absolute Gasteiger partial charge is 0.490 e. The van der Waals surface area contributed by atoms with Gasteiger partial charge in [-0.3, -0.25) is 9.78 Å². The van der Waals surface area contributed by atoms with Crippen LogP contribution >= 0.6 is 0 Å². The summed E-state index contributed by atoms with van der Waals surface area (Å²) in [5.74, 6) is -0.450. The molecule has 1 atom stereocenters. The van der Waals surface area contributed by atoms with E-state index in [4.69, 9.17) is 28.8 Å². The number of ether oxygens (including phenoxy) is 4. The van der Waals surface area contributed by atoms with Crippen LogP contribution in [0.15, 0.2) is 42.7 Å². The Kier molecular flexibility index (Phi) is 6.51. The van der Waals surface area contributed by atoms with Gasteiger partial charge < -0.3 is 29.0 Å². The highest BCUT2D eigenvalue weighted by molar-refractivity contribution is 5.95. The summed E-state index contributed by atoms with van der Waals surface area (Å²) in [6.45, 7) is 2.64. The summed E-state index contributed by atoms with van der Waals surface area (Å²) >= 11 is 0. The molecule has 2 fully saturated rings. The Hall–Kier alpha value is -3.54. The lowest BCUT2D eigenvalue weighted by atomic mass is 9.81. The van der Waals surface area contributed by atoms with E-state index in [2.05, 4.69) is 4.98 Å². The molecular formula is C22H21F3N2O7. The molecule has 1 N–H and O–H groups in total. The Bertz CT molecular complexity index is 1040. The average molecular weight is 482 g/mol. The van der Waals surface area contributed by atoms with Gasteiger partial charge in [-0.25, -0.2) is 4.79 Å². The van der Waals surface area contributed by atoms with E-state index in [1.165, 1.54) is 0 Å². The Labute approximate surface area is 192 Å². The largest absolute Gasteiger partial charge is 0.492 e. The number of nitrogens with zero attached hydrogens (tertiary/aromatic N) is 2. The van der Waals surface area contributed by atoms with Crippen molar-refractivity contribution in [2.24, 2.45) is 5.92 Å². The van der Waals surface area contributed by atoms with Gasteiger partial charge in [0.2, 0.25) is 6.79 Å². The first kappa shape index (κ1) is 23.6. The van der Waals surface area contributed by atoms with Gasteiger partial charge in [0.25, 0.3) is 5.91 Å².